The monoisotopic (exact) mass is 252 g/mol. The Morgan fingerprint density at radius 2 is 1.88 bits per heavy atom. The van der Waals surface area contributed by atoms with E-state index in [0.717, 1.165) is 12.2 Å². The fraction of sp³-hybridized carbons (Fsp3) is 0.600. The van der Waals surface area contributed by atoms with Gasteiger partial charge in [0, 0.05) is 11.3 Å². The van der Waals surface area contributed by atoms with Crippen LogP contribution in [0.15, 0.2) is 12.1 Å². The molecule has 0 saturated heterocycles. The molecule has 0 amide bonds. The second-order valence-corrected chi connectivity index (χ2v) is 5.60. The molecule has 0 radical (unpaired) electrons. The summed E-state index contributed by atoms with van der Waals surface area (Å²) in [7, 11) is 1.76. The number of hydrogen-bond acceptors (Lipinski definition) is 1. The second kappa shape index (κ2) is 5.30. The van der Waals surface area contributed by atoms with Gasteiger partial charge < -0.3 is 4.74 Å². The highest BCUT2D eigenvalue weighted by molar-refractivity contribution is 6.21. The van der Waals surface area contributed by atoms with E-state index in [1.807, 2.05) is 0 Å². The molecule has 1 aromatic carbocycles. The molecule has 2 unspecified atom stereocenters. The van der Waals surface area contributed by atoms with Gasteiger partial charge in [-0.25, -0.2) is 0 Å². The van der Waals surface area contributed by atoms with Gasteiger partial charge in [-0.15, -0.1) is 11.6 Å². The first-order valence-electron chi connectivity index (χ1n) is 6.43. The fourth-order valence-electron chi connectivity index (χ4n) is 2.81. The van der Waals surface area contributed by atoms with Crippen molar-refractivity contribution in [2.24, 2.45) is 0 Å². The topological polar surface area (TPSA) is 9.23 Å². The number of ether oxygens (including phenoxy) is 1. The molecule has 0 aromatic heterocycles. The van der Waals surface area contributed by atoms with Crippen LogP contribution in [0.2, 0.25) is 0 Å². The molecule has 1 fully saturated rings. The number of alkyl halides is 1. The summed E-state index contributed by atoms with van der Waals surface area (Å²) in [5.74, 6) is 1.50. The van der Waals surface area contributed by atoms with E-state index in [0.29, 0.717) is 5.92 Å². The van der Waals surface area contributed by atoms with Crippen molar-refractivity contribution >= 4 is 11.6 Å². The third kappa shape index (κ3) is 2.44. The summed E-state index contributed by atoms with van der Waals surface area (Å²) in [6.07, 6.45) is 4.86. The summed E-state index contributed by atoms with van der Waals surface area (Å²) < 4.78 is 5.60. The van der Waals surface area contributed by atoms with Crippen molar-refractivity contribution in [2.45, 2.75) is 50.8 Å². The predicted octanol–water partition coefficient (Wildman–Crippen LogP) is 4.58. The van der Waals surface area contributed by atoms with Gasteiger partial charge in [0.25, 0.3) is 0 Å². The molecule has 17 heavy (non-hydrogen) atoms. The van der Waals surface area contributed by atoms with Crippen LogP contribution in [0.5, 0.6) is 5.75 Å². The van der Waals surface area contributed by atoms with Crippen molar-refractivity contribution in [3.8, 4) is 5.75 Å². The highest BCUT2D eigenvalue weighted by Crippen LogP contribution is 2.41. The van der Waals surface area contributed by atoms with Crippen molar-refractivity contribution < 1.29 is 4.74 Å². The van der Waals surface area contributed by atoms with Gasteiger partial charge in [0.05, 0.1) is 7.11 Å². The molecule has 1 aliphatic carbocycles. The van der Waals surface area contributed by atoms with Crippen LogP contribution in [0.3, 0.4) is 0 Å². The van der Waals surface area contributed by atoms with Crippen molar-refractivity contribution in [1.29, 1.82) is 0 Å². The fourth-order valence-corrected chi connectivity index (χ4v) is 3.23. The third-order valence-corrected chi connectivity index (χ3v) is 4.51. The van der Waals surface area contributed by atoms with Gasteiger partial charge >= 0.3 is 0 Å². The molecule has 0 aliphatic heterocycles. The normalized spacial score (nSPS) is 24.7. The maximum absolute atomic E-state index is 6.48. The van der Waals surface area contributed by atoms with Crippen LogP contribution in [0.4, 0.5) is 0 Å². The Kier molecular flexibility index (Phi) is 3.98. The Morgan fingerprint density at radius 1 is 1.18 bits per heavy atom. The van der Waals surface area contributed by atoms with Crippen LogP contribution >= 0.6 is 11.6 Å². The molecule has 1 aromatic rings. The molecule has 1 nitrogen and oxygen atoms in total. The molecule has 0 N–H and O–H groups in total. The lowest BCUT2D eigenvalue weighted by Gasteiger charge is -2.29. The van der Waals surface area contributed by atoms with Gasteiger partial charge in [0.2, 0.25) is 0 Å². The smallest absolute Gasteiger partial charge is 0.125 e. The van der Waals surface area contributed by atoms with E-state index in [-0.39, 0.29) is 5.38 Å². The minimum atomic E-state index is 0.264. The molecule has 2 atom stereocenters. The lowest BCUT2D eigenvalue weighted by molar-refractivity contribution is 0.386. The highest BCUT2D eigenvalue weighted by atomic mass is 35.5. The molecule has 2 heteroatoms. The molecule has 0 bridgehead atoms. The molecule has 0 heterocycles. The van der Waals surface area contributed by atoms with Crippen LogP contribution in [0.1, 0.15) is 48.3 Å². The Labute approximate surface area is 109 Å². The van der Waals surface area contributed by atoms with E-state index >= 15 is 0 Å². The standard InChI is InChI=1S/C15H21ClO/c1-10-8-9-13(15(17-3)11(10)2)12-6-4-5-7-14(12)16/h8-9,12,14H,4-7H2,1-3H3. The SMILES string of the molecule is COc1c(C2CCCCC2Cl)ccc(C)c1C. The molecular weight excluding hydrogens is 232 g/mol. The van der Waals surface area contributed by atoms with E-state index < -0.39 is 0 Å². The second-order valence-electron chi connectivity index (χ2n) is 5.04. The highest BCUT2D eigenvalue weighted by Gasteiger charge is 2.27. The van der Waals surface area contributed by atoms with E-state index in [2.05, 4.69) is 26.0 Å². The molecule has 2 rings (SSSR count). The summed E-state index contributed by atoms with van der Waals surface area (Å²) in [6, 6.07) is 4.39. The summed E-state index contributed by atoms with van der Waals surface area (Å²) in [4.78, 5) is 0. The molecular formula is C15H21ClO. The summed E-state index contributed by atoms with van der Waals surface area (Å²) in [5, 5.41) is 0.264. The van der Waals surface area contributed by atoms with Gasteiger partial charge in [0.15, 0.2) is 0 Å². The summed E-state index contributed by atoms with van der Waals surface area (Å²) in [5.41, 5.74) is 3.84. The molecule has 1 saturated carbocycles. The minimum Gasteiger partial charge on any atom is -0.496 e. The zero-order valence-electron chi connectivity index (χ0n) is 10.9. The molecule has 1 aliphatic rings. The number of benzene rings is 1. The van der Waals surface area contributed by atoms with Gasteiger partial charge in [-0.3, -0.25) is 0 Å². The Morgan fingerprint density at radius 3 is 2.53 bits per heavy atom. The van der Waals surface area contributed by atoms with Crippen molar-refractivity contribution in [3.05, 3.63) is 28.8 Å². The average Bonchev–Trinajstić information content (AvgIpc) is 2.33. The summed E-state index contributed by atoms with van der Waals surface area (Å²) in [6.45, 7) is 4.25. The lowest BCUT2D eigenvalue weighted by Crippen LogP contribution is -2.18. The number of hydrogen-bond donors (Lipinski definition) is 0. The molecule has 0 spiro atoms. The van der Waals surface area contributed by atoms with Gasteiger partial charge in [0.1, 0.15) is 5.75 Å². The van der Waals surface area contributed by atoms with Crippen molar-refractivity contribution in [1.82, 2.24) is 0 Å². The zero-order chi connectivity index (χ0) is 12.4. The first kappa shape index (κ1) is 12.8. The van der Waals surface area contributed by atoms with Crippen LogP contribution in [-0.4, -0.2) is 12.5 Å². The first-order chi connectivity index (χ1) is 8.15. The minimum absolute atomic E-state index is 0.264. The maximum atomic E-state index is 6.48. The zero-order valence-corrected chi connectivity index (χ0v) is 11.7. The summed E-state index contributed by atoms with van der Waals surface area (Å²) >= 11 is 6.48. The Bertz CT molecular complexity index is 400. The first-order valence-corrected chi connectivity index (χ1v) is 6.87. The number of rotatable bonds is 2. The number of halogens is 1. The van der Waals surface area contributed by atoms with E-state index in [1.165, 1.54) is 36.0 Å². The third-order valence-electron chi connectivity index (χ3n) is 3.99. The average molecular weight is 253 g/mol. The number of methoxy groups -OCH3 is 1. The van der Waals surface area contributed by atoms with Gasteiger partial charge in [-0.05, 0) is 43.4 Å². The predicted molar refractivity (Wildman–Crippen MR) is 73.3 cm³/mol. The van der Waals surface area contributed by atoms with Crippen LogP contribution in [-0.2, 0) is 0 Å². The van der Waals surface area contributed by atoms with Gasteiger partial charge in [-0.2, -0.15) is 0 Å². The Hall–Kier alpha value is -0.690. The van der Waals surface area contributed by atoms with Crippen molar-refractivity contribution in [3.63, 3.8) is 0 Å². The lowest BCUT2D eigenvalue weighted by atomic mass is 9.82. The van der Waals surface area contributed by atoms with Crippen LogP contribution in [0, 0.1) is 13.8 Å². The largest absolute Gasteiger partial charge is 0.496 e. The van der Waals surface area contributed by atoms with Crippen molar-refractivity contribution in [2.75, 3.05) is 7.11 Å². The van der Waals surface area contributed by atoms with E-state index in [9.17, 15) is 0 Å². The molecule has 94 valence electrons. The van der Waals surface area contributed by atoms with E-state index in [1.54, 1.807) is 7.11 Å². The van der Waals surface area contributed by atoms with Crippen LogP contribution < -0.4 is 4.74 Å². The Balaban J connectivity index is 2.40. The van der Waals surface area contributed by atoms with Gasteiger partial charge in [-0.1, -0.05) is 25.0 Å². The van der Waals surface area contributed by atoms with E-state index in [4.69, 9.17) is 16.3 Å². The maximum Gasteiger partial charge on any atom is 0.125 e. The quantitative estimate of drug-likeness (QED) is 0.701. The van der Waals surface area contributed by atoms with Crippen LogP contribution in [0.25, 0.3) is 0 Å². The number of aryl methyl sites for hydroxylation is 1.